The molecule has 3 aromatic rings. The maximum atomic E-state index is 12.4. The molecule has 0 radical (unpaired) electrons. The highest BCUT2D eigenvalue weighted by Crippen LogP contribution is 2.39. The van der Waals surface area contributed by atoms with E-state index in [0.29, 0.717) is 22.8 Å². The fourth-order valence-electron chi connectivity index (χ4n) is 2.93. The van der Waals surface area contributed by atoms with Crippen molar-refractivity contribution in [2.75, 3.05) is 5.43 Å². The molecule has 0 unspecified atom stereocenters. The molecule has 6 nitrogen and oxygen atoms in total. The number of anilines is 1. The van der Waals surface area contributed by atoms with Crippen LogP contribution in [0, 0.1) is 0 Å². The van der Waals surface area contributed by atoms with Crippen molar-refractivity contribution >= 4 is 56.1 Å². The Hall–Kier alpha value is -3.36. The summed E-state index contributed by atoms with van der Waals surface area (Å²) in [6.45, 7) is 9.13. The van der Waals surface area contributed by atoms with E-state index in [4.69, 9.17) is 0 Å². The van der Waals surface area contributed by atoms with Gasteiger partial charge in [0, 0.05) is 33.0 Å². The number of imide groups is 1. The predicted octanol–water partition coefficient (Wildman–Crippen LogP) is 4.82. The van der Waals surface area contributed by atoms with Crippen LogP contribution in [0.25, 0.3) is 26.2 Å². The summed E-state index contributed by atoms with van der Waals surface area (Å²) in [6.07, 6.45) is 6.32. The average Bonchev–Trinajstić information content (AvgIpc) is 3.42. The van der Waals surface area contributed by atoms with Crippen LogP contribution in [0.1, 0.15) is 12.7 Å². The first-order valence-corrected chi connectivity index (χ1v) is 10.4. The highest BCUT2D eigenvalue weighted by Gasteiger charge is 2.30. The van der Waals surface area contributed by atoms with Crippen molar-refractivity contribution in [3.8, 4) is 10.4 Å². The molecule has 0 spiro atoms. The van der Waals surface area contributed by atoms with Crippen LogP contribution in [-0.4, -0.2) is 26.8 Å². The van der Waals surface area contributed by atoms with Crippen molar-refractivity contribution in [1.82, 2.24) is 15.0 Å². The molecule has 8 heteroatoms. The third kappa shape index (κ3) is 3.32. The van der Waals surface area contributed by atoms with Gasteiger partial charge < -0.3 is 0 Å². The molecular weight excluding hydrogens is 404 g/mol. The standard InChI is InChI=1S/C21H16N4O2S2/c1-4-7-13(5-2)18-22-19(24-25-16(26)10-12(3)21(25)27)17-14(11-29-20(17)23-18)15-8-6-9-28-15/h4-11H,1-2H2,3H3,(H,22,23,24)/b13-7+. The number of amides is 2. The fraction of sp³-hybridized carbons (Fsp3) is 0.0476. The van der Waals surface area contributed by atoms with Crippen LogP contribution in [-0.2, 0) is 9.59 Å². The lowest BCUT2D eigenvalue weighted by Crippen LogP contribution is -2.36. The molecule has 0 fully saturated rings. The summed E-state index contributed by atoms with van der Waals surface area (Å²) >= 11 is 3.07. The second-order valence-electron chi connectivity index (χ2n) is 6.18. The first-order chi connectivity index (χ1) is 14.0. The first kappa shape index (κ1) is 19.0. The number of aromatic nitrogens is 2. The lowest BCUT2D eigenvalue weighted by molar-refractivity contribution is -0.135. The van der Waals surface area contributed by atoms with Gasteiger partial charge >= 0.3 is 0 Å². The molecule has 1 aliphatic heterocycles. The molecule has 4 rings (SSSR count). The van der Waals surface area contributed by atoms with Crippen LogP contribution in [0.3, 0.4) is 0 Å². The van der Waals surface area contributed by atoms with Gasteiger partial charge in [-0.3, -0.25) is 15.0 Å². The van der Waals surface area contributed by atoms with Crippen LogP contribution in [0.15, 0.2) is 65.9 Å². The van der Waals surface area contributed by atoms with E-state index < -0.39 is 11.8 Å². The van der Waals surface area contributed by atoms with Gasteiger partial charge in [0.25, 0.3) is 11.8 Å². The third-order valence-corrected chi connectivity index (χ3v) is 6.09. The van der Waals surface area contributed by atoms with E-state index >= 15 is 0 Å². The average molecular weight is 421 g/mol. The second kappa shape index (κ2) is 7.57. The Bertz CT molecular complexity index is 1220. The predicted molar refractivity (Wildman–Crippen MR) is 118 cm³/mol. The van der Waals surface area contributed by atoms with Crippen molar-refractivity contribution in [2.24, 2.45) is 0 Å². The molecule has 29 heavy (non-hydrogen) atoms. The van der Waals surface area contributed by atoms with Crippen LogP contribution in [0.4, 0.5) is 5.82 Å². The molecule has 4 heterocycles. The number of thiophene rings is 2. The quantitative estimate of drug-likeness (QED) is 0.457. The summed E-state index contributed by atoms with van der Waals surface area (Å²) in [4.78, 5) is 35.7. The molecule has 0 saturated carbocycles. The van der Waals surface area contributed by atoms with Crippen LogP contribution in [0.5, 0.6) is 0 Å². The van der Waals surface area contributed by atoms with Gasteiger partial charge in [-0.1, -0.05) is 37.5 Å². The number of nitrogens with zero attached hydrogens (tertiary/aromatic N) is 3. The highest BCUT2D eigenvalue weighted by molar-refractivity contribution is 7.18. The van der Waals surface area contributed by atoms with Gasteiger partial charge in [-0.15, -0.1) is 22.7 Å². The molecule has 1 aliphatic rings. The Morgan fingerprint density at radius 2 is 2.07 bits per heavy atom. The largest absolute Gasteiger partial charge is 0.275 e. The van der Waals surface area contributed by atoms with E-state index in [1.165, 1.54) is 17.4 Å². The molecule has 0 saturated heterocycles. The second-order valence-corrected chi connectivity index (χ2v) is 7.99. The van der Waals surface area contributed by atoms with Gasteiger partial charge in [-0.2, -0.15) is 5.01 Å². The lowest BCUT2D eigenvalue weighted by Gasteiger charge is -2.18. The topological polar surface area (TPSA) is 75.2 Å². The highest BCUT2D eigenvalue weighted by atomic mass is 32.1. The first-order valence-electron chi connectivity index (χ1n) is 8.65. The Morgan fingerprint density at radius 1 is 1.24 bits per heavy atom. The molecule has 144 valence electrons. The van der Waals surface area contributed by atoms with Gasteiger partial charge in [0.2, 0.25) is 0 Å². The van der Waals surface area contributed by atoms with E-state index in [1.54, 1.807) is 36.5 Å². The summed E-state index contributed by atoms with van der Waals surface area (Å²) in [5, 5.41) is 5.72. The summed E-state index contributed by atoms with van der Waals surface area (Å²) in [7, 11) is 0. The minimum absolute atomic E-state index is 0.371. The van der Waals surface area contributed by atoms with E-state index in [0.717, 1.165) is 25.7 Å². The van der Waals surface area contributed by atoms with E-state index in [9.17, 15) is 9.59 Å². The minimum atomic E-state index is -0.431. The lowest BCUT2D eigenvalue weighted by atomic mass is 10.2. The van der Waals surface area contributed by atoms with Gasteiger partial charge in [-0.05, 0) is 18.4 Å². The Balaban J connectivity index is 1.91. The van der Waals surface area contributed by atoms with Crippen molar-refractivity contribution in [1.29, 1.82) is 0 Å². The molecule has 3 aromatic heterocycles. The van der Waals surface area contributed by atoms with Crippen LogP contribution in [0.2, 0.25) is 0 Å². The van der Waals surface area contributed by atoms with Gasteiger partial charge in [0.15, 0.2) is 11.6 Å². The van der Waals surface area contributed by atoms with Gasteiger partial charge in [-0.25, -0.2) is 9.97 Å². The van der Waals surface area contributed by atoms with Crippen molar-refractivity contribution < 1.29 is 9.59 Å². The normalized spacial score (nSPS) is 14.4. The fourth-order valence-corrected chi connectivity index (χ4v) is 4.69. The summed E-state index contributed by atoms with van der Waals surface area (Å²) < 4.78 is 0. The number of hydrogen-bond acceptors (Lipinski definition) is 7. The Labute approximate surface area is 175 Å². The summed E-state index contributed by atoms with van der Waals surface area (Å²) in [5.41, 5.74) is 4.92. The number of fused-ring (bicyclic) bond motifs is 1. The summed E-state index contributed by atoms with van der Waals surface area (Å²) in [5.74, 6) is -0.0180. The zero-order chi connectivity index (χ0) is 20.5. The Kier molecular flexibility index (Phi) is 4.96. The number of carbonyl (C=O) groups excluding carboxylic acids is 2. The van der Waals surface area contributed by atoms with Gasteiger partial charge in [0.05, 0.1) is 5.39 Å². The molecule has 0 aromatic carbocycles. The number of nitrogens with one attached hydrogen (secondary N) is 1. The summed E-state index contributed by atoms with van der Waals surface area (Å²) in [6, 6.07) is 3.98. The molecule has 1 N–H and O–H groups in total. The number of carbonyl (C=O) groups is 2. The van der Waals surface area contributed by atoms with Gasteiger partial charge in [0.1, 0.15) is 4.83 Å². The van der Waals surface area contributed by atoms with E-state index in [2.05, 4.69) is 28.6 Å². The molecule has 0 atom stereocenters. The van der Waals surface area contributed by atoms with E-state index in [1.807, 2.05) is 22.9 Å². The SMILES string of the molecule is C=C/C=C(\C=C)c1nc(NN2C(=O)C=C(C)C2=O)c2c(-c3cccs3)csc2n1. The number of allylic oxidation sites excluding steroid dienone is 4. The molecule has 0 aliphatic carbocycles. The number of hydrogen-bond donors (Lipinski definition) is 1. The molecular formula is C21H16N4O2S2. The third-order valence-electron chi connectivity index (χ3n) is 4.31. The van der Waals surface area contributed by atoms with Crippen LogP contribution >= 0.6 is 22.7 Å². The zero-order valence-corrected chi connectivity index (χ0v) is 17.1. The van der Waals surface area contributed by atoms with E-state index in [-0.39, 0.29) is 0 Å². The Morgan fingerprint density at radius 3 is 2.69 bits per heavy atom. The number of hydrazine groups is 1. The maximum absolute atomic E-state index is 12.4. The smallest absolute Gasteiger partial charge is 0.271 e. The molecule has 0 bridgehead atoms. The van der Waals surface area contributed by atoms with Crippen molar-refractivity contribution in [2.45, 2.75) is 6.92 Å². The maximum Gasteiger partial charge on any atom is 0.275 e. The van der Waals surface area contributed by atoms with Crippen molar-refractivity contribution in [3.05, 3.63) is 71.8 Å². The monoisotopic (exact) mass is 420 g/mol. The van der Waals surface area contributed by atoms with Crippen LogP contribution < -0.4 is 5.43 Å². The number of rotatable bonds is 6. The molecule has 2 amide bonds. The van der Waals surface area contributed by atoms with Crippen molar-refractivity contribution in [3.63, 3.8) is 0 Å². The minimum Gasteiger partial charge on any atom is -0.271 e. The zero-order valence-electron chi connectivity index (χ0n) is 15.5.